The first kappa shape index (κ1) is 24.4. The molecule has 0 radical (unpaired) electrons. The molecule has 3 aromatic heterocycles. The molecule has 2 aromatic carbocycles. The summed E-state index contributed by atoms with van der Waals surface area (Å²) in [4.78, 5) is 37.4. The summed E-state index contributed by atoms with van der Waals surface area (Å²) in [6, 6.07) is 20.2. The van der Waals surface area contributed by atoms with E-state index in [0.717, 1.165) is 50.2 Å². The maximum Gasteiger partial charge on any atom is 0.251 e. The fraction of sp³-hybridized carbons (Fsp3) is 0.226. The Morgan fingerprint density at radius 3 is 2.59 bits per heavy atom. The molecule has 0 spiro atoms. The van der Waals surface area contributed by atoms with Crippen LogP contribution in [0.1, 0.15) is 57.8 Å². The molecular formula is C31H30N4O2. The van der Waals surface area contributed by atoms with Crippen molar-refractivity contribution in [2.24, 2.45) is 0 Å². The van der Waals surface area contributed by atoms with Crippen LogP contribution in [-0.2, 0) is 6.42 Å². The molecule has 186 valence electrons. The molecule has 5 aromatic rings. The SMILES string of the molecule is Cc1cc(C)c(CCC(=O)c2c(C)n(C(C)c3cccc(-c4ccncn4)c3)c3ccccc23)c(=O)[nH]1. The number of aromatic nitrogens is 4. The van der Waals surface area contributed by atoms with E-state index >= 15 is 0 Å². The molecule has 5 rings (SSSR count). The highest BCUT2D eigenvalue weighted by Gasteiger charge is 2.23. The van der Waals surface area contributed by atoms with Crippen LogP contribution in [0.15, 0.2) is 78.0 Å². The van der Waals surface area contributed by atoms with Gasteiger partial charge in [-0.25, -0.2) is 9.97 Å². The van der Waals surface area contributed by atoms with E-state index in [4.69, 9.17) is 0 Å². The predicted octanol–water partition coefficient (Wildman–Crippen LogP) is 6.14. The summed E-state index contributed by atoms with van der Waals surface area (Å²) in [5, 5.41) is 0.943. The summed E-state index contributed by atoms with van der Waals surface area (Å²) in [5.74, 6) is 0.0498. The van der Waals surface area contributed by atoms with Crippen LogP contribution in [0.3, 0.4) is 0 Å². The number of carbonyl (C=O) groups is 1. The van der Waals surface area contributed by atoms with Gasteiger partial charge in [0.15, 0.2) is 5.78 Å². The number of para-hydroxylation sites is 1. The second-order valence-electron chi connectivity index (χ2n) is 9.61. The van der Waals surface area contributed by atoms with Crippen LogP contribution in [-0.4, -0.2) is 25.3 Å². The minimum Gasteiger partial charge on any atom is -0.337 e. The summed E-state index contributed by atoms with van der Waals surface area (Å²) in [6.07, 6.45) is 3.99. The molecular weight excluding hydrogens is 460 g/mol. The summed E-state index contributed by atoms with van der Waals surface area (Å²) in [5.41, 5.74) is 8.02. The smallest absolute Gasteiger partial charge is 0.251 e. The molecule has 37 heavy (non-hydrogen) atoms. The first-order valence-corrected chi connectivity index (χ1v) is 12.5. The van der Waals surface area contributed by atoms with E-state index in [1.54, 1.807) is 12.5 Å². The minimum absolute atomic E-state index is 0.00424. The molecule has 3 heterocycles. The van der Waals surface area contributed by atoms with E-state index in [-0.39, 0.29) is 23.8 Å². The fourth-order valence-corrected chi connectivity index (χ4v) is 5.37. The van der Waals surface area contributed by atoms with Crippen molar-refractivity contribution >= 4 is 16.7 Å². The van der Waals surface area contributed by atoms with Gasteiger partial charge in [0.2, 0.25) is 0 Å². The van der Waals surface area contributed by atoms with E-state index in [1.807, 2.05) is 63.2 Å². The van der Waals surface area contributed by atoms with Gasteiger partial charge in [0, 0.05) is 51.6 Å². The van der Waals surface area contributed by atoms with Crippen LogP contribution in [0.2, 0.25) is 0 Å². The molecule has 0 amide bonds. The van der Waals surface area contributed by atoms with Gasteiger partial charge in [-0.05, 0) is 69.5 Å². The highest BCUT2D eigenvalue weighted by Crippen LogP contribution is 2.33. The molecule has 0 saturated carbocycles. The Balaban J connectivity index is 1.51. The molecule has 0 bridgehead atoms. The van der Waals surface area contributed by atoms with E-state index in [1.165, 1.54) is 0 Å². The van der Waals surface area contributed by atoms with Gasteiger partial charge in [-0.15, -0.1) is 0 Å². The number of benzene rings is 2. The number of nitrogens with zero attached hydrogens (tertiary/aromatic N) is 3. The Bertz CT molecular complexity index is 1660. The molecule has 0 aliphatic rings. The van der Waals surface area contributed by atoms with Gasteiger partial charge in [-0.1, -0.05) is 36.4 Å². The second-order valence-corrected chi connectivity index (χ2v) is 9.61. The maximum atomic E-state index is 13.6. The van der Waals surface area contributed by atoms with E-state index < -0.39 is 0 Å². The monoisotopic (exact) mass is 490 g/mol. The molecule has 0 fully saturated rings. The lowest BCUT2D eigenvalue weighted by atomic mass is 9.99. The van der Waals surface area contributed by atoms with Crippen molar-refractivity contribution in [1.82, 2.24) is 19.5 Å². The fourth-order valence-electron chi connectivity index (χ4n) is 5.37. The quantitative estimate of drug-likeness (QED) is 0.278. The average Bonchev–Trinajstić information content (AvgIpc) is 3.19. The zero-order valence-corrected chi connectivity index (χ0v) is 21.6. The standard InChI is InChI=1S/C31H30N4O2/c1-19-16-20(2)34-31(37)25(19)12-13-29(36)30-22(4)35(28-11-6-5-10-26(28)30)21(3)23-8-7-9-24(17-23)27-14-15-32-18-33-27/h5-11,14-18,21H,12-13H2,1-4H3,(H,34,37). The first-order valence-electron chi connectivity index (χ1n) is 12.5. The maximum absolute atomic E-state index is 13.6. The van der Waals surface area contributed by atoms with Crippen molar-refractivity contribution < 1.29 is 4.79 Å². The van der Waals surface area contributed by atoms with Gasteiger partial charge >= 0.3 is 0 Å². The molecule has 6 nitrogen and oxygen atoms in total. The number of pyridine rings is 1. The van der Waals surface area contributed by atoms with E-state index in [2.05, 4.69) is 44.6 Å². The van der Waals surface area contributed by atoms with Crippen molar-refractivity contribution in [3.05, 3.63) is 117 Å². The third kappa shape index (κ3) is 4.62. The van der Waals surface area contributed by atoms with Crippen molar-refractivity contribution in [2.45, 2.75) is 46.6 Å². The van der Waals surface area contributed by atoms with Crippen molar-refractivity contribution in [2.75, 3.05) is 0 Å². The van der Waals surface area contributed by atoms with Gasteiger partial charge in [-0.3, -0.25) is 9.59 Å². The molecule has 6 heteroatoms. The third-order valence-corrected chi connectivity index (χ3v) is 7.16. The van der Waals surface area contributed by atoms with Gasteiger partial charge in [-0.2, -0.15) is 0 Å². The molecule has 1 atom stereocenters. The number of hydrogen-bond donors (Lipinski definition) is 1. The number of Topliss-reactive ketones (excluding diaryl/α,β-unsaturated/α-hetero) is 1. The molecule has 0 aliphatic carbocycles. The Morgan fingerprint density at radius 1 is 1.03 bits per heavy atom. The van der Waals surface area contributed by atoms with Gasteiger partial charge in [0.25, 0.3) is 5.56 Å². The number of carbonyl (C=O) groups excluding carboxylic acids is 1. The zero-order valence-electron chi connectivity index (χ0n) is 21.6. The summed E-state index contributed by atoms with van der Waals surface area (Å²) in [7, 11) is 0. The van der Waals surface area contributed by atoms with Gasteiger partial charge in [0.05, 0.1) is 11.7 Å². The van der Waals surface area contributed by atoms with Crippen LogP contribution >= 0.6 is 0 Å². The van der Waals surface area contributed by atoms with E-state index in [9.17, 15) is 9.59 Å². The van der Waals surface area contributed by atoms with Crippen LogP contribution in [0, 0.1) is 20.8 Å². The first-order chi connectivity index (χ1) is 17.8. The van der Waals surface area contributed by atoms with Gasteiger partial charge < -0.3 is 9.55 Å². The average molecular weight is 491 g/mol. The number of fused-ring (bicyclic) bond motifs is 1. The molecule has 1 N–H and O–H groups in total. The minimum atomic E-state index is -0.110. The molecule has 0 aliphatic heterocycles. The molecule has 1 unspecified atom stereocenters. The number of H-pyrrole nitrogens is 1. The van der Waals surface area contributed by atoms with Crippen molar-refractivity contribution in [3.8, 4) is 11.3 Å². The zero-order chi connectivity index (χ0) is 26.1. The Hall–Kier alpha value is -4.32. The Labute approximate surface area is 216 Å². The van der Waals surface area contributed by atoms with Crippen LogP contribution in [0.4, 0.5) is 0 Å². The Morgan fingerprint density at radius 2 is 1.84 bits per heavy atom. The number of nitrogens with one attached hydrogen (secondary N) is 1. The lowest BCUT2D eigenvalue weighted by Crippen LogP contribution is -2.17. The number of rotatable bonds is 7. The van der Waals surface area contributed by atoms with Gasteiger partial charge in [0.1, 0.15) is 6.33 Å². The number of aryl methyl sites for hydroxylation is 2. The summed E-state index contributed by atoms with van der Waals surface area (Å²) >= 11 is 0. The normalized spacial score (nSPS) is 12.1. The van der Waals surface area contributed by atoms with Crippen molar-refractivity contribution in [3.63, 3.8) is 0 Å². The second kappa shape index (κ2) is 9.97. The van der Waals surface area contributed by atoms with Crippen LogP contribution in [0.5, 0.6) is 0 Å². The lowest BCUT2D eigenvalue weighted by Gasteiger charge is -2.19. The number of ketones is 1. The topological polar surface area (TPSA) is 80.6 Å². The largest absolute Gasteiger partial charge is 0.337 e. The predicted molar refractivity (Wildman–Crippen MR) is 147 cm³/mol. The van der Waals surface area contributed by atoms with Crippen LogP contribution in [0.25, 0.3) is 22.2 Å². The van der Waals surface area contributed by atoms with E-state index in [0.29, 0.717) is 12.0 Å². The summed E-state index contributed by atoms with van der Waals surface area (Å²) in [6.45, 7) is 7.96. The molecule has 0 saturated heterocycles. The number of hydrogen-bond acceptors (Lipinski definition) is 4. The lowest BCUT2D eigenvalue weighted by molar-refractivity contribution is 0.0983. The van der Waals surface area contributed by atoms with Crippen LogP contribution < -0.4 is 5.56 Å². The number of aromatic amines is 1. The highest BCUT2D eigenvalue weighted by molar-refractivity contribution is 6.09. The highest BCUT2D eigenvalue weighted by atomic mass is 16.1. The van der Waals surface area contributed by atoms with Crippen molar-refractivity contribution in [1.29, 1.82) is 0 Å². The third-order valence-electron chi connectivity index (χ3n) is 7.16. The Kier molecular flexibility index (Phi) is 6.57. The summed E-state index contributed by atoms with van der Waals surface area (Å²) < 4.78 is 2.24.